The summed E-state index contributed by atoms with van der Waals surface area (Å²) < 4.78 is 5.14. The maximum absolute atomic E-state index is 12.3. The average Bonchev–Trinajstić information content (AvgIpc) is 2.67. The van der Waals surface area contributed by atoms with Crippen LogP contribution in [0.1, 0.15) is 24.1 Å². The van der Waals surface area contributed by atoms with E-state index in [4.69, 9.17) is 4.74 Å². The molecule has 0 unspecified atom stereocenters. The molecule has 144 valence electrons. The number of amides is 2. The molecule has 0 fully saturated rings. The lowest BCUT2D eigenvalue weighted by Gasteiger charge is -2.26. The van der Waals surface area contributed by atoms with Crippen molar-refractivity contribution in [1.29, 1.82) is 0 Å². The third-order valence-electron chi connectivity index (χ3n) is 4.22. The molecule has 2 aromatic rings. The first-order valence-corrected chi connectivity index (χ1v) is 8.93. The third-order valence-corrected chi connectivity index (χ3v) is 4.22. The van der Waals surface area contributed by atoms with Gasteiger partial charge in [0.05, 0.1) is 6.04 Å². The molecule has 0 radical (unpaired) electrons. The Morgan fingerprint density at radius 1 is 1.00 bits per heavy atom. The highest BCUT2D eigenvalue weighted by atomic mass is 16.5. The van der Waals surface area contributed by atoms with E-state index in [0.717, 1.165) is 11.1 Å². The molecule has 0 saturated heterocycles. The zero-order valence-corrected chi connectivity index (χ0v) is 16.0. The second-order valence-corrected chi connectivity index (χ2v) is 6.56. The van der Waals surface area contributed by atoms with E-state index in [1.165, 1.54) is 0 Å². The SMILES string of the molecule is C[C@@H](NC(=O)OCc1ccccc1)C(=O)NC[C@H](c1ccccc1)N(C)C. The van der Waals surface area contributed by atoms with Crippen molar-refractivity contribution in [2.75, 3.05) is 20.6 Å². The van der Waals surface area contributed by atoms with Gasteiger partial charge in [0.25, 0.3) is 0 Å². The van der Waals surface area contributed by atoms with E-state index >= 15 is 0 Å². The molecule has 2 N–H and O–H groups in total. The van der Waals surface area contributed by atoms with Crippen molar-refractivity contribution in [2.24, 2.45) is 0 Å². The Balaban J connectivity index is 1.79. The van der Waals surface area contributed by atoms with Gasteiger partial charge in [-0.25, -0.2) is 4.79 Å². The molecule has 0 aromatic heterocycles. The van der Waals surface area contributed by atoms with Gasteiger partial charge in [-0.3, -0.25) is 4.79 Å². The van der Waals surface area contributed by atoms with Gasteiger partial charge in [-0.15, -0.1) is 0 Å². The van der Waals surface area contributed by atoms with Crippen LogP contribution in [0.25, 0.3) is 0 Å². The average molecular weight is 369 g/mol. The maximum Gasteiger partial charge on any atom is 0.408 e. The molecule has 2 atom stereocenters. The van der Waals surface area contributed by atoms with Crippen molar-refractivity contribution in [3.63, 3.8) is 0 Å². The van der Waals surface area contributed by atoms with Gasteiger partial charge in [-0.2, -0.15) is 0 Å². The topological polar surface area (TPSA) is 70.7 Å². The molecule has 6 heteroatoms. The molecule has 6 nitrogen and oxygen atoms in total. The summed E-state index contributed by atoms with van der Waals surface area (Å²) in [6.45, 7) is 2.24. The number of hydrogen-bond acceptors (Lipinski definition) is 4. The van der Waals surface area contributed by atoms with E-state index in [0.29, 0.717) is 6.54 Å². The monoisotopic (exact) mass is 369 g/mol. The van der Waals surface area contributed by atoms with E-state index in [1.54, 1.807) is 6.92 Å². The van der Waals surface area contributed by atoms with Gasteiger partial charge in [-0.05, 0) is 32.1 Å². The molecule has 0 saturated carbocycles. The number of ether oxygens (including phenoxy) is 1. The second kappa shape index (κ2) is 10.3. The largest absolute Gasteiger partial charge is 0.445 e. The highest BCUT2D eigenvalue weighted by Gasteiger charge is 2.19. The molecule has 0 bridgehead atoms. The number of carbonyl (C=O) groups excluding carboxylic acids is 2. The predicted octanol–water partition coefficient (Wildman–Crippen LogP) is 2.72. The minimum atomic E-state index is -0.688. The number of likely N-dealkylation sites (N-methyl/N-ethyl adjacent to an activating group) is 1. The van der Waals surface area contributed by atoms with Crippen LogP contribution in [0.2, 0.25) is 0 Å². The zero-order chi connectivity index (χ0) is 19.6. The summed E-state index contributed by atoms with van der Waals surface area (Å²) in [5.41, 5.74) is 2.01. The normalized spacial score (nSPS) is 12.9. The summed E-state index contributed by atoms with van der Waals surface area (Å²) in [5, 5.41) is 5.45. The zero-order valence-electron chi connectivity index (χ0n) is 16.0. The van der Waals surface area contributed by atoms with E-state index < -0.39 is 12.1 Å². The van der Waals surface area contributed by atoms with Crippen LogP contribution in [0.3, 0.4) is 0 Å². The second-order valence-electron chi connectivity index (χ2n) is 6.56. The van der Waals surface area contributed by atoms with Crippen LogP contribution >= 0.6 is 0 Å². The smallest absolute Gasteiger partial charge is 0.408 e. The van der Waals surface area contributed by atoms with Gasteiger partial charge in [0.2, 0.25) is 5.91 Å². The molecule has 0 aliphatic rings. The molecule has 2 amide bonds. The van der Waals surface area contributed by atoms with E-state index in [1.807, 2.05) is 79.7 Å². The molecule has 27 heavy (non-hydrogen) atoms. The standard InChI is InChI=1S/C21H27N3O3/c1-16(23-21(26)27-15-17-10-6-4-7-11-17)20(25)22-14-19(24(2)3)18-12-8-5-9-13-18/h4-13,16,19H,14-15H2,1-3H3,(H,22,25)(H,23,26)/t16-,19-/m1/s1. The van der Waals surface area contributed by atoms with Gasteiger partial charge < -0.3 is 20.3 Å². The molecule has 0 spiro atoms. The summed E-state index contributed by atoms with van der Waals surface area (Å²) in [5.74, 6) is -0.255. The van der Waals surface area contributed by atoms with Crippen molar-refractivity contribution < 1.29 is 14.3 Å². The Morgan fingerprint density at radius 2 is 1.59 bits per heavy atom. The summed E-state index contributed by atoms with van der Waals surface area (Å²) in [7, 11) is 3.93. The Kier molecular flexibility index (Phi) is 7.82. The first-order chi connectivity index (χ1) is 13.0. The number of nitrogens with one attached hydrogen (secondary N) is 2. The summed E-state index contributed by atoms with van der Waals surface area (Å²) in [6.07, 6.45) is -0.617. The Morgan fingerprint density at radius 3 is 2.19 bits per heavy atom. The Labute approximate surface area is 160 Å². The van der Waals surface area contributed by atoms with Crippen molar-refractivity contribution in [3.05, 3.63) is 71.8 Å². The van der Waals surface area contributed by atoms with Crippen LogP contribution < -0.4 is 10.6 Å². The number of hydrogen-bond donors (Lipinski definition) is 2. The van der Waals surface area contributed by atoms with Crippen LogP contribution in [0.5, 0.6) is 0 Å². The van der Waals surface area contributed by atoms with E-state index in [2.05, 4.69) is 10.6 Å². The lowest BCUT2D eigenvalue weighted by molar-refractivity contribution is -0.122. The van der Waals surface area contributed by atoms with Gasteiger partial charge in [-0.1, -0.05) is 60.7 Å². The lowest BCUT2D eigenvalue weighted by Crippen LogP contribution is -2.46. The van der Waals surface area contributed by atoms with Crippen LogP contribution in [-0.4, -0.2) is 43.6 Å². The maximum atomic E-state index is 12.3. The quantitative estimate of drug-likeness (QED) is 0.751. The highest BCUT2D eigenvalue weighted by Crippen LogP contribution is 2.16. The first-order valence-electron chi connectivity index (χ1n) is 8.93. The van der Waals surface area contributed by atoms with Crippen molar-refractivity contribution in [1.82, 2.24) is 15.5 Å². The summed E-state index contributed by atoms with van der Waals surface area (Å²) >= 11 is 0. The minimum absolute atomic E-state index is 0.0485. The fraction of sp³-hybridized carbons (Fsp3) is 0.333. The van der Waals surface area contributed by atoms with Crippen LogP contribution in [0.4, 0.5) is 4.79 Å². The number of nitrogens with zero attached hydrogens (tertiary/aromatic N) is 1. The Bertz CT molecular complexity index is 720. The van der Waals surface area contributed by atoms with Gasteiger partial charge in [0.15, 0.2) is 0 Å². The molecular weight excluding hydrogens is 342 g/mol. The molecular formula is C21H27N3O3. The number of carbonyl (C=O) groups is 2. The molecule has 0 aliphatic heterocycles. The van der Waals surface area contributed by atoms with Crippen molar-refractivity contribution in [3.8, 4) is 0 Å². The number of benzene rings is 2. The van der Waals surface area contributed by atoms with Crippen molar-refractivity contribution >= 4 is 12.0 Å². The van der Waals surface area contributed by atoms with Gasteiger partial charge >= 0.3 is 6.09 Å². The van der Waals surface area contributed by atoms with E-state index in [-0.39, 0.29) is 18.6 Å². The Hall–Kier alpha value is -2.86. The molecule has 2 aromatic carbocycles. The summed E-state index contributed by atoms with van der Waals surface area (Å²) in [4.78, 5) is 26.2. The molecule has 2 rings (SSSR count). The fourth-order valence-electron chi connectivity index (χ4n) is 2.63. The van der Waals surface area contributed by atoms with E-state index in [9.17, 15) is 9.59 Å². The summed E-state index contributed by atoms with van der Waals surface area (Å²) in [6, 6.07) is 18.7. The third kappa shape index (κ3) is 6.75. The molecule has 0 aliphatic carbocycles. The van der Waals surface area contributed by atoms with Crippen LogP contribution in [-0.2, 0) is 16.1 Å². The van der Waals surface area contributed by atoms with Gasteiger partial charge in [0, 0.05) is 6.54 Å². The van der Waals surface area contributed by atoms with Gasteiger partial charge in [0.1, 0.15) is 12.6 Å². The predicted molar refractivity (Wildman–Crippen MR) is 105 cm³/mol. The fourth-order valence-corrected chi connectivity index (χ4v) is 2.63. The van der Waals surface area contributed by atoms with Crippen LogP contribution in [0, 0.1) is 0 Å². The molecule has 0 heterocycles. The number of rotatable bonds is 8. The lowest BCUT2D eigenvalue weighted by atomic mass is 10.1. The minimum Gasteiger partial charge on any atom is -0.445 e. The van der Waals surface area contributed by atoms with Crippen LogP contribution in [0.15, 0.2) is 60.7 Å². The highest BCUT2D eigenvalue weighted by molar-refractivity contribution is 5.85. The number of alkyl carbamates (subject to hydrolysis) is 1. The first kappa shape index (κ1) is 20.5. The van der Waals surface area contributed by atoms with Crippen molar-refractivity contribution in [2.45, 2.75) is 25.6 Å².